The first-order valence-corrected chi connectivity index (χ1v) is 7.36. The smallest absolute Gasteiger partial charge is 0.251 e. The lowest BCUT2D eigenvalue weighted by molar-refractivity contribution is -0.0233. The van der Waals surface area contributed by atoms with Crippen molar-refractivity contribution in [3.8, 4) is 0 Å². The van der Waals surface area contributed by atoms with Gasteiger partial charge in [0.2, 0.25) is 0 Å². The summed E-state index contributed by atoms with van der Waals surface area (Å²) in [7, 11) is 0. The lowest BCUT2D eigenvalue weighted by atomic mass is 9.71. The molecule has 0 bridgehead atoms. The molecule has 5 heteroatoms. The number of amides is 1. The quantitative estimate of drug-likeness (QED) is 0.639. The maximum absolute atomic E-state index is 12.1. The lowest BCUT2D eigenvalue weighted by Gasteiger charge is -2.40. The highest BCUT2D eigenvalue weighted by atomic mass is 16.3. The van der Waals surface area contributed by atoms with Crippen LogP contribution in [0.2, 0.25) is 0 Å². The molecule has 1 saturated carbocycles. The van der Waals surface area contributed by atoms with Gasteiger partial charge < -0.3 is 21.9 Å². The van der Waals surface area contributed by atoms with Crippen LogP contribution in [0.3, 0.4) is 0 Å². The van der Waals surface area contributed by atoms with Crippen molar-refractivity contribution in [2.75, 3.05) is 18.0 Å². The minimum absolute atomic E-state index is 0.257. The molecule has 1 aromatic carbocycles. The molecular weight excluding hydrogens is 266 g/mol. The highest BCUT2D eigenvalue weighted by molar-refractivity contribution is 5.96. The molecule has 0 atom stereocenters. The van der Waals surface area contributed by atoms with Crippen LogP contribution in [0, 0.1) is 5.41 Å². The van der Waals surface area contributed by atoms with Gasteiger partial charge in [-0.1, -0.05) is 13.8 Å². The number of nitrogen functional groups attached to an aromatic ring is 2. The van der Waals surface area contributed by atoms with Gasteiger partial charge in [-0.2, -0.15) is 0 Å². The molecule has 0 spiro atoms. The molecular formula is C16H25N3O2. The molecule has 0 radical (unpaired) electrons. The van der Waals surface area contributed by atoms with Crippen LogP contribution >= 0.6 is 0 Å². The number of rotatable bonds is 3. The monoisotopic (exact) mass is 291 g/mol. The van der Waals surface area contributed by atoms with Gasteiger partial charge in [-0.25, -0.2) is 0 Å². The summed E-state index contributed by atoms with van der Waals surface area (Å²) in [6, 6.07) is 4.77. The zero-order valence-corrected chi connectivity index (χ0v) is 12.8. The molecule has 0 aliphatic heterocycles. The summed E-state index contributed by atoms with van der Waals surface area (Å²) in [6.45, 7) is 4.68. The van der Waals surface area contributed by atoms with E-state index in [1.165, 1.54) is 0 Å². The zero-order valence-electron chi connectivity index (χ0n) is 12.8. The number of nitrogens with one attached hydrogen (secondary N) is 1. The van der Waals surface area contributed by atoms with E-state index in [2.05, 4.69) is 19.2 Å². The molecule has 116 valence electrons. The zero-order chi connectivity index (χ0) is 15.7. The van der Waals surface area contributed by atoms with Crippen molar-refractivity contribution < 1.29 is 9.90 Å². The number of anilines is 2. The average molecular weight is 291 g/mol. The van der Waals surface area contributed by atoms with Crippen molar-refractivity contribution in [3.05, 3.63) is 23.8 Å². The van der Waals surface area contributed by atoms with Crippen LogP contribution < -0.4 is 16.8 Å². The van der Waals surface area contributed by atoms with Crippen LogP contribution in [0.5, 0.6) is 0 Å². The van der Waals surface area contributed by atoms with E-state index in [1.54, 1.807) is 18.2 Å². The molecule has 0 aromatic heterocycles. The van der Waals surface area contributed by atoms with Gasteiger partial charge in [-0.15, -0.1) is 0 Å². The summed E-state index contributed by atoms with van der Waals surface area (Å²) >= 11 is 0. The van der Waals surface area contributed by atoms with Gasteiger partial charge in [-0.05, 0) is 49.3 Å². The van der Waals surface area contributed by atoms with Crippen LogP contribution in [0.4, 0.5) is 11.4 Å². The Morgan fingerprint density at radius 2 is 1.67 bits per heavy atom. The Morgan fingerprint density at radius 3 is 2.19 bits per heavy atom. The standard InChI is InChI=1S/C16H25N3O2/c1-15(2)3-5-16(21,6-4-15)10-19-14(20)11-7-12(17)9-13(18)8-11/h7-9,21H,3-6,10,17-18H2,1-2H3,(H,19,20). The molecule has 1 fully saturated rings. The lowest BCUT2D eigenvalue weighted by Crippen LogP contribution is -2.46. The van der Waals surface area contributed by atoms with E-state index in [9.17, 15) is 9.90 Å². The molecule has 0 heterocycles. The van der Waals surface area contributed by atoms with Crippen molar-refractivity contribution in [1.29, 1.82) is 0 Å². The molecule has 1 aliphatic carbocycles. The van der Waals surface area contributed by atoms with E-state index in [-0.39, 0.29) is 17.9 Å². The topological polar surface area (TPSA) is 101 Å². The summed E-state index contributed by atoms with van der Waals surface area (Å²) in [4.78, 5) is 12.1. The number of hydrogen-bond donors (Lipinski definition) is 4. The van der Waals surface area contributed by atoms with E-state index >= 15 is 0 Å². The van der Waals surface area contributed by atoms with Gasteiger partial charge >= 0.3 is 0 Å². The highest BCUT2D eigenvalue weighted by Crippen LogP contribution is 2.39. The maximum Gasteiger partial charge on any atom is 0.251 e. The van der Waals surface area contributed by atoms with Crippen LogP contribution in [-0.2, 0) is 0 Å². The van der Waals surface area contributed by atoms with Crippen LogP contribution in [0.1, 0.15) is 49.9 Å². The Balaban J connectivity index is 1.95. The van der Waals surface area contributed by atoms with E-state index in [1.807, 2.05) is 0 Å². The molecule has 0 unspecified atom stereocenters. The van der Waals surface area contributed by atoms with Crippen molar-refractivity contribution in [1.82, 2.24) is 5.32 Å². The molecule has 6 N–H and O–H groups in total. The predicted octanol–water partition coefficient (Wildman–Crippen LogP) is 1.91. The molecule has 1 aliphatic rings. The average Bonchev–Trinajstić information content (AvgIpc) is 2.39. The Labute approximate surface area is 125 Å². The fourth-order valence-electron chi connectivity index (χ4n) is 2.72. The van der Waals surface area contributed by atoms with Gasteiger partial charge in [0.1, 0.15) is 0 Å². The normalized spacial score (nSPS) is 20.0. The molecule has 2 rings (SSSR count). The molecule has 1 amide bonds. The first kappa shape index (κ1) is 15.6. The third kappa shape index (κ3) is 4.11. The van der Waals surface area contributed by atoms with Gasteiger partial charge in [0.05, 0.1) is 5.60 Å². The Hall–Kier alpha value is -1.75. The van der Waals surface area contributed by atoms with Crippen molar-refractivity contribution in [2.24, 2.45) is 5.41 Å². The molecule has 21 heavy (non-hydrogen) atoms. The number of carbonyl (C=O) groups is 1. The molecule has 1 aromatic rings. The minimum atomic E-state index is -0.808. The SMILES string of the molecule is CC1(C)CCC(O)(CNC(=O)c2cc(N)cc(N)c2)CC1. The second-order valence-electron chi connectivity index (χ2n) is 6.96. The van der Waals surface area contributed by atoms with E-state index in [0.29, 0.717) is 29.8 Å². The number of benzene rings is 1. The van der Waals surface area contributed by atoms with Gasteiger partial charge in [0.15, 0.2) is 0 Å². The minimum Gasteiger partial charge on any atom is -0.399 e. The second kappa shape index (κ2) is 5.56. The summed E-state index contributed by atoms with van der Waals surface area (Å²) < 4.78 is 0. The summed E-state index contributed by atoms with van der Waals surface area (Å²) in [6.07, 6.45) is 3.34. The number of hydrogen-bond acceptors (Lipinski definition) is 4. The third-order valence-corrected chi connectivity index (χ3v) is 4.35. The summed E-state index contributed by atoms with van der Waals surface area (Å²) in [5, 5.41) is 13.3. The summed E-state index contributed by atoms with van der Waals surface area (Å²) in [5.41, 5.74) is 12.2. The van der Waals surface area contributed by atoms with E-state index < -0.39 is 5.60 Å². The third-order valence-electron chi connectivity index (χ3n) is 4.35. The second-order valence-corrected chi connectivity index (χ2v) is 6.96. The van der Waals surface area contributed by atoms with Crippen LogP contribution in [0.25, 0.3) is 0 Å². The number of carbonyl (C=O) groups excluding carboxylic acids is 1. The first-order chi connectivity index (χ1) is 9.69. The number of aliphatic hydroxyl groups is 1. The molecule has 5 nitrogen and oxygen atoms in total. The number of nitrogens with two attached hydrogens (primary N) is 2. The Kier molecular flexibility index (Phi) is 4.14. The van der Waals surface area contributed by atoms with Gasteiger partial charge in [-0.3, -0.25) is 4.79 Å². The Bertz CT molecular complexity index is 510. The largest absolute Gasteiger partial charge is 0.399 e. The van der Waals surface area contributed by atoms with E-state index in [0.717, 1.165) is 12.8 Å². The van der Waals surface area contributed by atoms with Crippen LogP contribution in [-0.4, -0.2) is 23.2 Å². The van der Waals surface area contributed by atoms with E-state index in [4.69, 9.17) is 11.5 Å². The Morgan fingerprint density at radius 1 is 1.14 bits per heavy atom. The van der Waals surface area contributed by atoms with Gasteiger partial charge in [0.25, 0.3) is 5.91 Å². The predicted molar refractivity (Wildman–Crippen MR) is 84.8 cm³/mol. The van der Waals surface area contributed by atoms with Crippen LogP contribution in [0.15, 0.2) is 18.2 Å². The van der Waals surface area contributed by atoms with Gasteiger partial charge in [0, 0.05) is 23.5 Å². The highest BCUT2D eigenvalue weighted by Gasteiger charge is 2.36. The molecule has 0 saturated heterocycles. The fourth-order valence-corrected chi connectivity index (χ4v) is 2.72. The van der Waals surface area contributed by atoms with Crippen molar-refractivity contribution >= 4 is 17.3 Å². The van der Waals surface area contributed by atoms with Crippen molar-refractivity contribution in [2.45, 2.75) is 45.1 Å². The maximum atomic E-state index is 12.1. The van der Waals surface area contributed by atoms with Crippen molar-refractivity contribution in [3.63, 3.8) is 0 Å². The fraction of sp³-hybridized carbons (Fsp3) is 0.562. The first-order valence-electron chi connectivity index (χ1n) is 7.36. The summed E-state index contributed by atoms with van der Waals surface area (Å²) in [5.74, 6) is -0.257.